The molecular formula is C57H70BrF2N8O12PS2. The van der Waals surface area contributed by atoms with E-state index in [4.69, 9.17) is 4.74 Å². The minimum Gasteiger partial charge on any atom is -0.391 e. The van der Waals surface area contributed by atoms with Crippen molar-refractivity contribution in [2.45, 2.75) is 129 Å². The van der Waals surface area contributed by atoms with Crippen molar-refractivity contribution < 1.29 is 66.5 Å². The largest absolute Gasteiger partial charge is 0.399 e. The lowest BCUT2D eigenvalue weighted by Crippen LogP contribution is -2.57. The number of carbonyl (C=O) groups is 7. The summed E-state index contributed by atoms with van der Waals surface area (Å²) in [5.41, 5.74) is -2.04. The van der Waals surface area contributed by atoms with Gasteiger partial charge in [0.1, 0.15) is 30.8 Å². The van der Waals surface area contributed by atoms with Crippen LogP contribution in [0.15, 0.2) is 82.8 Å². The Morgan fingerprint density at radius 2 is 1.47 bits per heavy atom. The molecule has 26 heteroatoms. The zero-order valence-corrected chi connectivity index (χ0v) is 51.4. The predicted octanol–water partition coefficient (Wildman–Crippen LogP) is 7.21. The second-order valence-corrected chi connectivity index (χ2v) is 27.5. The number of amides is 7. The third kappa shape index (κ3) is 15.8. The maximum absolute atomic E-state index is 14.8. The molecule has 3 aromatic carbocycles. The maximum atomic E-state index is 14.8. The zero-order valence-electron chi connectivity index (χ0n) is 47.2. The van der Waals surface area contributed by atoms with Gasteiger partial charge >= 0.3 is 13.3 Å². The molecule has 0 aliphatic carbocycles. The number of unbranched alkanes of at least 4 members (excludes halogenated alkanes) is 1. The number of carbonyl (C=O) groups excluding carboxylic acids is 7. The van der Waals surface area contributed by atoms with Gasteiger partial charge in [0.25, 0.3) is 5.91 Å². The summed E-state index contributed by atoms with van der Waals surface area (Å²) in [7, 11) is -4.31. The fourth-order valence-electron chi connectivity index (χ4n) is 9.83. The molecule has 6 atom stereocenters. The molecule has 7 rings (SSSR count). The van der Waals surface area contributed by atoms with Crippen LogP contribution in [0.1, 0.15) is 100 Å². The molecular weight excluding hydrogens is 1200 g/mol. The molecule has 2 aliphatic rings. The first-order valence-electron chi connectivity index (χ1n) is 26.9. The normalized spacial score (nSPS) is 18.4. The van der Waals surface area contributed by atoms with E-state index < -0.39 is 114 Å². The highest BCUT2D eigenvalue weighted by atomic mass is 79.9. The van der Waals surface area contributed by atoms with E-state index in [-0.39, 0.29) is 55.7 Å². The van der Waals surface area contributed by atoms with E-state index in [9.17, 15) is 61.8 Å². The molecule has 2 aromatic heterocycles. The van der Waals surface area contributed by atoms with Crippen molar-refractivity contribution in [2.24, 2.45) is 10.8 Å². The van der Waals surface area contributed by atoms with Crippen molar-refractivity contribution in [3.63, 3.8) is 0 Å². The fraction of sp³-hybridized carbons (Fsp3) is 0.474. The Hall–Kier alpha value is -6.05. The number of benzene rings is 3. The van der Waals surface area contributed by atoms with Crippen molar-refractivity contribution >= 4 is 103 Å². The molecule has 83 heavy (non-hydrogen) atoms. The Morgan fingerprint density at radius 3 is 2.08 bits per heavy atom. The monoisotopic (exact) mass is 1270 g/mol. The van der Waals surface area contributed by atoms with Crippen LogP contribution in [0.4, 0.5) is 14.5 Å². The first-order chi connectivity index (χ1) is 38.8. The molecule has 0 bridgehead atoms. The molecule has 7 N–H and O–H groups in total. The molecule has 2 saturated heterocycles. The quantitative estimate of drug-likeness (QED) is 0.0283. The number of hydrogen-bond acceptors (Lipinski definition) is 13. The summed E-state index contributed by atoms with van der Waals surface area (Å²) in [6.45, 7) is 12.2. The fourth-order valence-corrected chi connectivity index (χ4v) is 12.3. The first-order valence-corrected chi connectivity index (χ1v) is 31.0. The second kappa shape index (κ2) is 26.5. The summed E-state index contributed by atoms with van der Waals surface area (Å²) in [6.07, 6.45) is -0.993. The van der Waals surface area contributed by atoms with Crippen molar-refractivity contribution in [2.75, 3.05) is 38.2 Å². The summed E-state index contributed by atoms with van der Waals surface area (Å²) in [6, 6.07) is 14.6. The number of thiophene rings is 1. The van der Waals surface area contributed by atoms with E-state index in [1.54, 1.807) is 89.7 Å². The minimum absolute atomic E-state index is 0.00907. The number of hydrogen-bond donors (Lipinski definition) is 7. The number of aliphatic hydroxyl groups excluding tert-OH is 1. The van der Waals surface area contributed by atoms with Gasteiger partial charge < -0.3 is 55.6 Å². The SMILES string of the molecule is Cc1ncsc1-c1ccc(CNC(=O)[C@@H]2C[C@@H](O)CN2C(=O)[C@@H](NC(=O)CCCCNC(=O)CO[C@@H]2C[C@@H](C(=O)N(C)c3ccc(Br)cc3)N(C(=O)[C@@H](NC(=O)c3cc4cc(C(F)(F)P(=O)(O)O)ccc4s3)C(C)(C)C)C2)C(C)(C)C)cc1. The highest BCUT2D eigenvalue weighted by Crippen LogP contribution is 2.59. The minimum atomic E-state index is -5.87. The Kier molecular flexibility index (Phi) is 20.6. The van der Waals surface area contributed by atoms with Crippen LogP contribution in [-0.2, 0) is 50.3 Å². The second-order valence-electron chi connectivity index (χ2n) is 23.0. The number of β-amino-alcohol motifs (C(OH)–C–C–N with tert-alkyl or cyclic N) is 1. The molecule has 2 aliphatic heterocycles. The van der Waals surface area contributed by atoms with Crippen LogP contribution in [0.2, 0.25) is 0 Å². The van der Waals surface area contributed by atoms with E-state index in [2.05, 4.69) is 42.2 Å². The number of nitrogens with zero attached hydrogens (tertiary/aromatic N) is 4. The summed E-state index contributed by atoms with van der Waals surface area (Å²) in [4.78, 5) is 125. The molecule has 0 radical (unpaired) electrons. The average molecular weight is 1270 g/mol. The Bertz CT molecular complexity index is 3260. The number of aliphatic hydroxyl groups is 1. The third-order valence-electron chi connectivity index (χ3n) is 14.5. The molecule has 2 fully saturated rings. The van der Waals surface area contributed by atoms with Crippen LogP contribution < -0.4 is 26.2 Å². The van der Waals surface area contributed by atoms with Gasteiger partial charge in [-0.3, -0.25) is 38.1 Å². The number of likely N-dealkylation sites (N-methyl/N-ethyl adjacent to an activating group) is 1. The van der Waals surface area contributed by atoms with Gasteiger partial charge in [-0.25, -0.2) is 4.98 Å². The number of ether oxygens (including phenoxy) is 1. The molecule has 0 unspecified atom stereocenters. The van der Waals surface area contributed by atoms with Crippen molar-refractivity contribution in [1.29, 1.82) is 0 Å². The Labute approximate surface area is 496 Å². The van der Waals surface area contributed by atoms with Gasteiger partial charge in [0.15, 0.2) is 0 Å². The number of likely N-dealkylation sites (tertiary alicyclic amines) is 2. The molecule has 448 valence electrons. The maximum Gasteiger partial charge on any atom is 0.399 e. The Balaban J connectivity index is 0.919. The van der Waals surface area contributed by atoms with Crippen LogP contribution >= 0.6 is 46.2 Å². The lowest BCUT2D eigenvalue weighted by molar-refractivity contribution is -0.144. The number of thiazole rings is 1. The molecule has 0 spiro atoms. The van der Waals surface area contributed by atoms with Crippen molar-refractivity contribution in [3.8, 4) is 10.4 Å². The number of aryl methyl sites for hydroxylation is 1. The molecule has 20 nitrogen and oxygen atoms in total. The van der Waals surface area contributed by atoms with Gasteiger partial charge in [0.05, 0.1) is 33.2 Å². The number of anilines is 1. The number of alkyl halides is 2. The molecule has 5 aromatic rings. The van der Waals surface area contributed by atoms with Crippen LogP contribution in [0, 0.1) is 17.8 Å². The van der Waals surface area contributed by atoms with E-state index in [1.165, 1.54) is 26.8 Å². The van der Waals surface area contributed by atoms with E-state index in [0.717, 1.165) is 49.6 Å². The van der Waals surface area contributed by atoms with Gasteiger partial charge in [-0.05, 0) is 89.6 Å². The summed E-state index contributed by atoms with van der Waals surface area (Å²) < 4.78 is 47.9. The lowest BCUT2D eigenvalue weighted by atomic mass is 9.85. The number of fused-ring (bicyclic) bond motifs is 1. The van der Waals surface area contributed by atoms with Crippen molar-refractivity contribution in [1.82, 2.24) is 36.1 Å². The Morgan fingerprint density at radius 1 is 0.831 bits per heavy atom. The van der Waals surface area contributed by atoms with Crippen LogP contribution in [0.25, 0.3) is 20.5 Å². The molecule has 4 heterocycles. The molecule has 7 amide bonds. The summed E-state index contributed by atoms with van der Waals surface area (Å²) >= 11 is 5.86. The number of aromatic nitrogens is 1. The van der Waals surface area contributed by atoms with Crippen LogP contribution in [0.5, 0.6) is 0 Å². The van der Waals surface area contributed by atoms with Crippen LogP contribution in [-0.4, -0.2) is 141 Å². The number of rotatable bonds is 21. The van der Waals surface area contributed by atoms with Gasteiger partial charge in [0, 0.05) is 72.9 Å². The highest BCUT2D eigenvalue weighted by Gasteiger charge is 2.51. The first kappa shape index (κ1) is 64.5. The lowest BCUT2D eigenvalue weighted by Gasteiger charge is -2.36. The number of halogens is 3. The van der Waals surface area contributed by atoms with E-state index in [0.29, 0.717) is 23.2 Å². The van der Waals surface area contributed by atoms with Gasteiger partial charge in [-0.1, -0.05) is 87.8 Å². The summed E-state index contributed by atoms with van der Waals surface area (Å²) in [5.74, 6) is -3.67. The van der Waals surface area contributed by atoms with E-state index >= 15 is 0 Å². The topological polar surface area (TPSA) is 277 Å². The standard InChI is InChI=1S/C57H70BrF2N8O12PS2/c1-32-47(82-31-63-32)34-14-12-33(13-15-34)27-62-50(72)41-25-39(69)28-67(41)53(75)48(55(2,3)4)64-45(70)11-9-10-22-61-46(71)30-80-40-26-42(52(74)66(8)38-19-17-37(58)18-20-38)68(29-40)54(76)49(56(5,6)7)65-51(73)44-24-35-23-36(16-21-43(35)83-44)57(59,60)81(77,78)79/h12-21,23-24,31,39-42,48-49,69H,9-11,22,25-30H2,1-8H3,(H,61,71)(H,62,72)(H,64,70)(H,65,73)(H2,77,78,79)/t39-,40-,41+,42+,48-,49-/m1/s1. The zero-order chi connectivity index (χ0) is 60.9. The van der Waals surface area contributed by atoms with Gasteiger partial charge in [-0.2, -0.15) is 8.78 Å². The number of nitrogens with one attached hydrogen (secondary N) is 4. The molecule has 0 saturated carbocycles. The third-order valence-corrected chi connectivity index (χ3v) is 18.1. The average Bonchev–Trinajstić information content (AvgIpc) is 4.43. The van der Waals surface area contributed by atoms with Gasteiger partial charge in [-0.15, -0.1) is 22.7 Å². The highest BCUT2D eigenvalue weighted by molar-refractivity contribution is 9.10. The van der Waals surface area contributed by atoms with Gasteiger partial charge in [0.2, 0.25) is 35.4 Å². The smallest absolute Gasteiger partial charge is 0.391 e. The van der Waals surface area contributed by atoms with E-state index in [1.807, 2.05) is 31.2 Å². The summed E-state index contributed by atoms with van der Waals surface area (Å²) in [5, 5.41) is 22.1. The van der Waals surface area contributed by atoms with Crippen LogP contribution in [0.3, 0.4) is 0 Å². The predicted molar refractivity (Wildman–Crippen MR) is 314 cm³/mol. The van der Waals surface area contributed by atoms with Crippen molar-refractivity contribution in [3.05, 3.63) is 104 Å².